The van der Waals surface area contributed by atoms with Crippen LogP contribution in [0.4, 0.5) is 0 Å². The highest BCUT2D eigenvalue weighted by molar-refractivity contribution is 5.78. The predicted octanol–water partition coefficient (Wildman–Crippen LogP) is 6.09. The van der Waals surface area contributed by atoms with Gasteiger partial charge in [-0.15, -0.1) is 0 Å². The summed E-state index contributed by atoms with van der Waals surface area (Å²) in [6.07, 6.45) is 3.43. The van der Waals surface area contributed by atoms with Crippen molar-refractivity contribution in [2.45, 2.75) is 98.4 Å². The van der Waals surface area contributed by atoms with Gasteiger partial charge in [0.25, 0.3) is 5.91 Å². The van der Waals surface area contributed by atoms with Crippen molar-refractivity contribution in [1.29, 1.82) is 0 Å². The van der Waals surface area contributed by atoms with Crippen LogP contribution in [0.3, 0.4) is 0 Å². The summed E-state index contributed by atoms with van der Waals surface area (Å²) < 4.78 is 6.09. The maximum absolute atomic E-state index is 13.1. The number of carbonyl (C=O) groups excluding carboxylic acids is 1. The molecule has 1 aromatic carbocycles. The molecule has 3 heteroatoms. The third-order valence-electron chi connectivity index (χ3n) is 6.74. The molecule has 3 rings (SSSR count). The van der Waals surface area contributed by atoms with E-state index in [4.69, 9.17) is 4.74 Å². The smallest absolute Gasteiger partial charge is 0.260 e. The van der Waals surface area contributed by atoms with Gasteiger partial charge in [0.05, 0.1) is 0 Å². The fourth-order valence-electron chi connectivity index (χ4n) is 5.53. The first-order chi connectivity index (χ1) is 13.1. The minimum absolute atomic E-state index is 0.0373. The second-order valence-electron chi connectivity index (χ2n) is 12.8. The van der Waals surface area contributed by atoms with Crippen molar-refractivity contribution in [3.8, 4) is 5.75 Å². The Balaban J connectivity index is 1.75. The molecule has 2 aliphatic rings. The zero-order valence-corrected chi connectivity index (χ0v) is 20.1. The minimum atomic E-state index is 0.0373. The number of hydrogen-bond acceptors (Lipinski definition) is 2. The average molecular weight is 400 g/mol. The van der Waals surface area contributed by atoms with Gasteiger partial charge in [0.2, 0.25) is 0 Å². The number of rotatable bonds is 3. The Morgan fingerprint density at radius 2 is 1.55 bits per heavy atom. The number of carbonyl (C=O) groups is 1. The molecule has 2 bridgehead atoms. The van der Waals surface area contributed by atoms with Crippen LogP contribution in [0.2, 0.25) is 0 Å². The van der Waals surface area contributed by atoms with E-state index in [0.717, 1.165) is 25.1 Å². The fraction of sp³-hybridized carbons (Fsp3) is 0.731. The quantitative estimate of drug-likeness (QED) is 0.616. The maximum atomic E-state index is 13.1. The summed E-state index contributed by atoms with van der Waals surface area (Å²) in [6, 6.07) is 6.86. The SMILES string of the molecule is CC1(C)C[C@@H]2C[C@@](C)(CN2C(=O)COc2cc(C(C)(C)C)cc(C(C)(C)C)c2)C1. The number of amides is 1. The number of nitrogens with zero attached hydrogens (tertiary/aromatic N) is 1. The van der Waals surface area contributed by atoms with Gasteiger partial charge in [0.15, 0.2) is 6.61 Å². The standard InChI is InChI=1S/C26H41NO2/c1-23(2,3)18-10-19(24(4,5)6)12-21(11-18)29-15-22(28)27-17-26(9)14-20(27)13-25(7,8)16-26/h10-12,20H,13-17H2,1-9H3/t20-,26-/m1/s1. The molecular formula is C26H41NO2. The zero-order chi connectivity index (χ0) is 21.8. The first-order valence-electron chi connectivity index (χ1n) is 11.2. The first-order valence-corrected chi connectivity index (χ1v) is 11.2. The molecule has 0 unspecified atom stereocenters. The molecule has 1 saturated carbocycles. The number of benzene rings is 1. The lowest BCUT2D eigenvalue weighted by molar-refractivity contribution is -0.134. The third-order valence-corrected chi connectivity index (χ3v) is 6.74. The van der Waals surface area contributed by atoms with E-state index in [0.29, 0.717) is 11.5 Å². The highest BCUT2D eigenvalue weighted by Gasteiger charge is 2.50. The van der Waals surface area contributed by atoms with Crippen molar-refractivity contribution in [2.75, 3.05) is 13.2 Å². The Kier molecular flexibility index (Phi) is 5.37. The normalized spacial score (nSPS) is 26.5. The number of ether oxygens (including phenoxy) is 1. The van der Waals surface area contributed by atoms with Crippen LogP contribution in [0.5, 0.6) is 5.75 Å². The Hall–Kier alpha value is -1.51. The third kappa shape index (κ3) is 4.98. The Morgan fingerprint density at radius 1 is 1.00 bits per heavy atom. The molecule has 162 valence electrons. The highest BCUT2D eigenvalue weighted by Crippen LogP contribution is 2.52. The molecule has 0 aromatic heterocycles. The fourth-order valence-corrected chi connectivity index (χ4v) is 5.53. The summed E-state index contributed by atoms with van der Waals surface area (Å²) >= 11 is 0. The maximum Gasteiger partial charge on any atom is 0.260 e. The van der Waals surface area contributed by atoms with Gasteiger partial charge in [-0.2, -0.15) is 0 Å². The lowest BCUT2D eigenvalue weighted by Gasteiger charge is -2.39. The van der Waals surface area contributed by atoms with Crippen LogP contribution < -0.4 is 4.74 Å². The van der Waals surface area contributed by atoms with Crippen LogP contribution >= 0.6 is 0 Å². The summed E-state index contributed by atoms with van der Waals surface area (Å²) in [5.41, 5.74) is 3.15. The second kappa shape index (κ2) is 7.03. The summed E-state index contributed by atoms with van der Waals surface area (Å²) in [7, 11) is 0. The molecule has 0 radical (unpaired) electrons. The lowest BCUT2D eigenvalue weighted by Crippen LogP contribution is -2.40. The van der Waals surface area contributed by atoms with Crippen LogP contribution in [0.1, 0.15) is 92.7 Å². The van der Waals surface area contributed by atoms with E-state index < -0.39 is 0 Å². The Morgan fingerprint density at radius 3 is 2.07 bits per heavy atom. The molecule has 1 saturated heterocycles. The predicted molar refractivity (Wildman–Crippen MR) is 121 cm³/mol. The number of fused-ring (bicyclic) bond motifs is 2. The van der Waals surface area contributed by atoms with Crippen molar-refractivity contribution in [3.05, 3.63) is 29.3 Å². The van der Waals surface area contributed by atoms with E-state index in [-0.39, 0.29) is 28.8 Å². The van der Waals surface area contributed by atoms with Crippen LogP contribution in [0.15, 0.2) is 18.2 Å². The van der Waals surface area contributed by atoms with Gasteiger partial charge in [0, 0.05) is 12.6 Å². The van der Waals surface area contributed by atoms with Crippen molar-refractivity contribution in [2.24, 2.45) is 10.8 Å². The van der Waals surface area contributed by atoms with Gasteiger partial charge in [0.1, 0.15) is 5.75 Å². The van der Waals surface area contributed by atoms with E-state index >= 15 is 0 Å². The molecule has 0 spiro atoms. The van der Waals surface area contributed by atoms with E-state index in [1.54, 1.807) is 0 Å². The molecule has 1 aromatic rings. The lowest BCUT2D eigenvalue weighted by atomic mass is 9.65. The second-order valence-corrected chi connectivity index (χ2v) is 12.8. The molecule has 0 N–H and O–H groups in total. The topological polar surface area (TPSA) is 29.5 Å². The molecule has 29 heavy (non-hydrogen) atoms. The monoisotopic (exact) mass is 399 g/mol. The van der Waals surface area contributed by atoms with Crippen LogP contribution in [0, 0.1) is 10.8 Å². The molecule has 3 nitrogen and oxygen atoms in total. The number of hydrogen-bond donors (Lipinski definition) is 0. The van der Waals surface area contributed by atoms with E-state index in [1.165, 1.54) is 17.5 Å². The van der Waals surface area contributed by atoms with E-state index in [2.05, 4.69) is 85.4 Å². The summed E-state index contributed by atoms with van der Waals surface area (Å²) in [4.78, 5) is 15.2. The minimum Gasteiger partial charge on any atom is -0.484 e. The van der Waals surface area contributed by atoms with Crippen molar-refractivity contribution >= 4 is 5.91 Å². The molecule has 1 heterocycles. The van der Waals surface area contributed by atoms with E-state index in [9.17, 15) is 4.79 Å². The molecule has 2 fully saturated rings. The molecule has 1 amide bonds. The number of likely N-dealkylation sites (tertiary alicyclic amines) is 1. The molecule has 1 aliphatic carbocycles. The van der Waals surface area contributed by atoms with Crippen LogP contribution in [-0.4, -0.2) is 30.0 Å². The van der Waals surface area contributed by atoms with E-state index in [1.807, 2.05) is 0 Å². The van der Waals surface area contributed by atoms with Gasteiger partial charge in [-0.25, -0.2) is 0 Å². The van der Waals surface area contributed by atoms with Crippen molar-refractivity contribution in [1.82, 2.24) is 4.90 Å². The van der Waals surface area contributed by atoms with Gasteiger partial charge in [-0.05, 0) is 64.2 Å². The molecular weight excluding hydrogens is 358 g/mol. The van der Waals surface area contributed by atoms with Gasteiger partial charge >= 0.3 is 0 Å². The molecule has 2 atom stereocenters. The largest absolute Gasteiger partial charge is 0.484 e. The Bertz CT molecular complexity index is 749. The van der Waals surface area contributed by atoms with Gasteiger partial charge in [-0.3, -0.25) is 4.79 Å². The van der Waals surface area contributed by atoms with Crippen molar-refractivity contribution < 1.29 is 9.53 Å². The summed E-state index contributed by atoms with van der Waals surface area (Å²) in [6.45, 7) is 21.3. The zero-order valence-electron chi connectivity index (χ0n) is 20.1. The van der Waals surface area contributed by atoms with Gasteiger partial charge < -0.3 is 9.64 Å². The van der Waals surface area contributed by atoms with Crippen LogP contribution in [-0.2, 0) is 15.6 Å². The summed E-state index contributed by atoms with van der Waals surface area (Å²) in [5.74, 6) is 0.944. The van der Waals surface area contributed by atoms with Crippen LogP contribution in [0.25, 0.3) is 0 Å². The first kappa shape index (κ1) is 22.2. The summed E-state index contributed by atoms with van der Waals surface area (Å²) in [5, 5.41) is 0. The Labute approximate surface area is 178 Å². The average Bonchev–Trinajstić information content (AvgIpc) is 2.79. The molecule has 1 aliphatic heterocycles. The highest BCUT2D eigenvalue weighted by atomic mass is 16.5. The van der Waals surface area contributed by atoms with Crippen molar-refractivity contribution in [3.63, 3.8) is 0 Å². The van der Waals surface area contributed by atoms with Gasteiger partial charge in [-0.1, -0.05) is 68.4 Å².